The van der Waals surface area contributed by atoms with E-state index in [1.165, 1.54) is 0 Å². The maximum atomic E-state index is 12.0. The molecule has 0 atom stereocenters. The molecule has 1 aromatic rings. The average Bonchev–Trinajstić information content (AvgIpc) is 2.48. The van der Waals surface area contributed by atoms with Crippen LogP contribution in [0.15, 0.2) is 12.1 Å². The Balaban J connectivity index is 1.88. The van der Waals surface area contributed by atoms with Gasteiger partial charge >= 0.3 is 0 Å². The molecular formula is C13H20N4O3S. The van der Waals surface area contributed by atoms with E-state index in [4.69, 9.17) is 0 Å². The van der Waals surface area contributed by atoms with Crippen molar-refractivity contribution in [2.75, 3.05) is 23.4 Å². The number of hydrogen-bond donors (Lipinski definition) is 2. The van der Waals surface area contributed by atoms with Gasteiger partial charge < -0.3 is 10.6 Å². The molecule has 7 nitrogen and oxygen atoms in total. The molecular weight excluding hydrogens is 292 g/mol. The van der Waals surface area contributed by atoms with Crippen LogP contribution in [-0.2, 0) is 9.84 Å². The molecule has 1 amide bonds. The number of anilines is 1. The SMILES string of the molecule is CCCNc1ccc(C(=O)NC2CCS(=O)(=O)CC2)nn1. The van der Waals surface area contributed by atoms with Crippen LogP contribution in [0.2, 0.25) is 0 Å². The van der Waals surface area contributed by atoms with Crippen molar-refractivity contribution in [3.63, 3.8) is 0 Å². The summed E-state index contributed by atoms with van der Waals surface area (Å²) in [4.78, 5) is 12.0. The van der Waals surface area contributed by atoms with Crippen LogP contribution >= 0.6 is 0 Å². The second-order valence-electron chi connectivity index (χ2n) is 5.13. The molecule has 1 fully saturated rings. The largest absolute Gasteiger partial charge is 0.369 e. The first-order valence-corrected chi connectivity index (χ1v) is 8.91. The Hall–Kier alpha value is -1.70. The van der Waals surface area contributed by atoms with Crippen LogP contribution in [0.4, 0.5) is 5.82 Å². The molecule has 21 heavy (non-hydrogen) atoms. The fraction of sp³-hybridized carbons (Fsp3) is 0.615. The molecule has 1 aromatic heterocycles. The summed E-state index contributed by atoms with van der Waals surface area (Å²) in [5.41, 5.74) is 0.241. The van der Waals surface area contributed by atoms with E-state index in [1.807, 2.05) is 6.92 Å². The maximum Gasteiger partial charge on any atom is 0.272 e. The van der Waals surface area contributed by atoms with Crippen LogP contribution in [0.25, 0.3) is 0 Å². The lowest BCUT2D eigenvalue weighted by atomic mass is 10.1. The molecule has 116 valence electrons. The molecule has 0 saturated carbocycles. The molecule has 0 unspecified atom stereocenters. The molecule has 0 aromatic carbocycles. The van der Waals surface area contributed by atoms with E-state index in [-0.39, 0.29) is 29.1 Å². The second-order valence-corrected chi connectivity index (χ2v) is 7.43. The zero-order chi connectivity index (χ0) is 15.3. The molecule has 1 aliphatic rings. The molecule has 1 saturated heterocycles. The number of rotatable bonds is 5. The molecule has 0 aliphatic carbocycles. The van der Waals surface area contributed by atoms with Crippen LogP contribution in [0.3, 0.4) is 0 Å². The van der Waals surface area contributed by atoms with Gasteiger partial charge in [-0.25, -0.2) is 8.42 Å². The van der Waals surface area contributed by atoms with E-state index < -0.39 is 9.84 Å². The van der Waals surface area contributed by atoms with Crippen molar-refractivity contribution in [2.24, 2.45) is 0 Å². The Morgan fingerprint density at radius 1 is 1.29 bits per heavy atom. The van der Waals surface area contributed by atoms with Gasteiger partial charge in [-0.15, -0.1) is 10.2 Å². The van der Waals surface area contributed by atoms with Crippen LogP contribution in [-0.4, -0.2) is 48.6 Å². The van der Waals surface area contributed by atoms with E-state index in [1.54, 1.807) is 12.1 Å². The third kappa shape index (κ3) is 4.66. The molecule has 2 heterocycles. The number of carbonyl (C=O) groups is 1. The fourth-order valence-electron chi connectivity index (χ4n) is 2.09. The van der Waals surface area contributed by atoms with Crippen molar-refractivity contribution in [1.82, 2.24) is 15.5 Å². The summed E-state index contributed by atoms with van der Waals surface area (Å²) in [6.45, 7) is 2.85. The van der Waals surface area contributed by atoms with E-state index in [9.17, 15) is 13.2 Å². The van der Waals surface area contributed by atoms with Gasteiger partial charge in [0.2, 0.25) is 0 Å². The Morgan fingerprint density at radius 2 is 2.00 bits per heavy atom. The average molecular weight is 312 g/mol. The van der Waals surface area contributed by atoms with E-state index in [0.29, 0.717) is 18.7 Å². The minimum absolute atomic E-state index is 0.110. The number of nitrogens with zero attached hydrogens (tertiary/aromatic N) is 2. The van der Waals surface area contributed by atoms with Gasteiger partial charge in [-0.1, -0.05) is 6.92 Å². The van der Waals surface area contributed by atoms with Crippen molar-refractivity contribution in [3.05, 3.63) is 17.8 Å². The van der Waals surface area contributed by atoms with Gasteiger partial charge in [0.05, 0.1) is 11.5 Å². The van der Waals surface area contributed by atoms with Gasteiger partial charge in [-0.2, -0.15) is 0 Å². The monoisotopic (exact) mass is 312 g/mol. The number of amides is 1. The highest BCUT2D eigenvalue weighted by Gasteiger charge is 2.25. The number of nitrogens with one attached hydrogen (secondary N) is 2. The van der Waals surface area contributed by atoms with E-state index in [2.05, 4.69) is 20.8 Å². The lowest BCUT2D eigenvalue weighted by molar-refractivity contribution is 0.0928. The molecule has 2 rings (SSSR count). The third-order valence-electron chi connectivity index (χ3n) is 3.34. The van der Waals surface area contributed by atoms with Crippen LogP contribution < -0.4 is 10.6 Å². The number of carbonyl (C=O) groups excluding carboxylic acids is 1. The molecule has 2 N–H and O–H groups in total. The maximum absolute atomic E-state index is 12.0. The Kier molecular flexibility index (Phi) is 5.11. The zero-order valence-corrected chi connectivity index (χ0v) is 12.8. The first-order chi connectivity index (χ1) is 10.00. The van der Waals surface area contributed by atoms with Gasteiger partial charge in [0.1, 0.15) is 15.7 Å². The first-order valence-electron chi connectivity index (χ1n) is 7.09. The lowest BCUT2D eigenvalue weighted by Crippen LogP contribution is -2.41. The highest BCUT2D eigenvalue weighted by atomic mass is 32.2. The van der Waals surface area contributed by atoms with E-state index in [0.717, 1.165) is 13.0 Å². The summed E-state index contributed by atoms with van der Waals surface area (Å²) in [7, 11) is -2.92. The standard InChI is InChI=1S/C13H20N4O3S/c1-2-7-14-12-4-3-11(16-17-12)13(18)15-10-5-8-21(19,20)9-6-10/h3-4,10H,2,5-9H2,1H3,(H,14,17)(H,15,18). The normalized spacial score (nSPS) is 18.1. The van der Waals surface area contributed by atoms with Crippen molar-refractivity contribution in [1.29, 1.82) is 0 Å². The summed E-state index contributed by atoms with van der Waals surface area (Å²) in [6.07, 6.45) is 1.89. The quantitative estimate of drug-likeness (QED) is 0.826. The topological polar surface area (TPSA) is 101 Å². The fourth-order valence-corrected chi connectivity index (χ4v) is 3.59. The molecule has 1 aliphatic heterocycles. The second kappa shape index (κ2) is 6.84. The Morgan fingerprint density at radius 3 is 2.57 bits per heavy atom. The first kappa shape index (κ1) is 15.7. The summed E-state index contributed by atoms with van der Waals surface area (Å²) in [5, 5.41) is 13.7. The van der Waals surface area contributed by atoms with Gasteiger partial charge in [0, 0.05) is 12.6 Å². The molecule has 0 radical (unpaired) electrons. The van der Waals surface area contributed by atoms with Crippen LogP contribution in [0, 0.1) is 0 Å². The molecule has 0 spiro atoms. The number of aromatic nitrogens is 2. The highest BCUT2D eigenvalue weighted by Crippen LogP contribution is 2.12. The summed E-state index contributed by atoms with van der Waals surface area (Å²) in [6, 6.07) is 3.21. The predicted octanol–water partition coefficient (Wildman–Crippen LogP) is 0.605. The lowest BCUT2D eigenvalue weighted by Gasteiger charge is -2.22. The van der Waals surface area contributed by atoms with Crippen molar-refractivity contribution >= 4 is 21.6 Å². The minimum atomic E-state index is -2.92. The Bertz CT molecular complexity index is 572. The van der Waals surface area contributed by atoms with Crippen LogP contribution in [0.5, 0.6) is 0 Å². The smallest absolute Gasteiger partial charge is 0.272 e. The van der Waals surface area contributed by atoms with Gasteiger partial charge in [0.15, 0.2) is 5.69 Å². The van der Waals surface area contributed by atoms with Gasteiger partial charge in [0.25, 0.3) is 5.91 Å². The summed E-state index contributed by atoms with van der Waals surface area (Å²) in [5.74, 6) is 0.582. The van der Waals surface area contributed by atoms with Crippen molar-refractivity contribution < 1.29 is 13.2 Å². The summed E-state index contributed by atoms with van der Waals surface area (Å²) < 4.78 is 22.7. The predicted molar refractivity (Wildman–Crippen MR) is 80.0 cm³/mol. The number of sulfone groups is 1. The van der Waals surface area contributed by atoms with Crippen LogP contribution in [0.1, 0.15) is 36.7 Å². The zero-order valence-electron chi connectivity index (χ0n) is 12.0. The molecule has 0 bridgehead atoms. The minimum Gasteiger partial charge on any atom is -0.369 e. The molecule has 8 heteroatoms. The summed E-state index contributed by atoms with van der Waals surface area (Å²) >= 11 is 0. The third-order valence-corrected chi connectivity index (χ3v) is 5.06. The van der Waals surface area contributed by atoms with E-state index >= 15 is 0 Å². The van der Waals surface area contributed by atoms with Crippen molar-refractivity contribution in [3.8, 4) is 0 Å². The van der Waals surface area contributed by atoms with Gasteiger partial charge in [-0.3, -0.25) is 4.79 Å². The van der Waals surface area contributed by atoms with Crippen molar-refractivity contribution in [2.45, 2.75) is 32.2 Å². The number of hydrogen-bond acceptors (Lipinski definition) is 6. The highest BCUT2D eigenvalue weighted by molar-refractivity contribution is 7.91. The Labute approximate surface area is 124 Å². The van der Waals surface area contributed by atoms with Gasteiger partial charge in [-0.05, 0) is 31.4 Å².